The average molecular weight is 211 g/mol. The van der Waals surface area contributed by atoms with Gasteiger partial charge in [-0.15, -0.1) is 0 Å². The van der Waals surface area contributed by atoms with Gasteiger partial charge < -0.3 is 10.1 Å². The maximum Gasteiger partial charge on any atom is 0.0494 e. The summed E-state index contributed by atoms with van der Waals surface area (Å²) in [6, 6.07) is 0. The van der Waals surface area contributed by atoms with Gasteiger partial charge in [-0.05, 0) is 57.0 Å². The van der Waals surface area contributed by atoms with Crippen molar-refractivity contribution in [1.82, 2.24) is 5.32 Å². The molecule has 0 amide bonds. The summed E-state index contributed by atoms with van der Waals surface area (Å²) in [6.45, 7) is 4.45. The lowest BCUT2D eigenvalue weighted by Gasteiger charge is -2.22. The second-order valence-electron chi connectivity index (χ2n) is 5.23. The number of piperidine rings is 1. The Morgan fingerprint density at radius 3 is 2.53 bits per heavy atom. The Balaban J connectivity index is 1.47. The zero-order chi connectivity index (χ0) is 10.3. The molecule has 1 atom stereocenters. The molecule has 1 unspecified atom stereocenters. The van der Waals surface area contributed by atoms with Crippen molar-refractivity contribution < 1.29 is 4.74 Å². The van der Waals surface area contributed by atoms with E-state index in [1.54, 1.807) is 0 Å². The van der Waals surface area contributed by atoms with Crippen LogP contribution in [0.2, 0.25) is 0 Å². The van der Waals surface area contributed by atoms with Crippen molar-refractivity contribution in [3.8, 4) is 0 Å². The molecular weight excluding hydrogens is 186 g/mol. The highest BCUT2D eigenvalue weighted by Gasteiger charge is 2.16. The number of nitrogens with one attached hydrogen (secondary N) is 1. The SMILES string of the molecule is C1CNCC(CCOCC2CCCC2)C1. The Hall–Kier alpha value is -0.0800. The van der Waals surface area contributed by atoms with Gasteiger partial charge in [0, 0.05) is 13.2 Å². The molecule has 1 aliphatic carbocycles. The number of ether oxygens (including phenoxy) is 1. The lowest BCUT2D eigenvalue weighted by Crippen LogP contribution is -2.30. The van der Waals surface area contributed by atoms with Gasteiger partial charge in [0.05, 0.1) is 0 Å². The molecule has 2 heteroatoms. The summed E-state index contributed by atoms with van der Waals surface area (Å²) in [5.74, 6) is 1.76. The van der Waals surface area contributed by atoms with Gasteiger partial charge in [0.25, 0.3) is 0 Å². The summed E-state index contributed by atoms with van der Waals surface area (Å²) in [4.78, 5) is 0. The first-order valence-corrected chi connectivity index (χ1v) is 6.73. The third-order valence-corrected chi connectivity index (χ3v) is 3.90. The zero-order valence-electron chi connectivity index (χ0n) is 9.84. The molecule has 0 bridgehead atoms. The minimum absolute atomic E-state index is 0.877. The van der Waals surface area contributed by atoms with Crippen molar-refractivity contribution in [2.45, 2.75) is 44.9 Å². The summed E-state index contributed by atoms with van der Waals surface area (Å²) in [6.07, 6.45) is 9.70. The molecule has 2 rings (SSSR count). The number of hydrogen-bond acceptors (Lipinski definition) is 2. The second kappa shape index (κ2) is 6.49. The van der Waals surface area contributed by atoms with Gasteiger partial charge in [0.2, 0.25) is 0 Å². The molecule has 2 fully saturated rings. The molecular formula is C13H25NO. The molecule has 88 valence electrons. The summed E-state index contributed by atoms with van der Waals surface area (Å²) in [7, 11) is 0. The van der Waals surface area contributed by atoms with E-state index in [1.165, 1.54) is 58.0 Å². The summed E-state index contributed by atoms with van der Waals surface area (Å²) >= 11 is 0. The Labute approximate surface area is 93.8 Å². The van der Waals surface area contributed by atoms with Gasteiger partial charge in [-0.2, -0.15) is 0 Å². The zero-order valence-corrected chi connectivity index (χ0v) is 9.84. The molecule has 0 aromatic rings. The Bertz CT molecular complexity index is 160. The first-order chi connectivity index (χ1) is 7.45. The van der Waals surface area contributed by atoms with E-state index in [2.05, 4.69) is 5.32 Å². The van der Waals surface area contributed by atoms with Gasteiger partial charge in [-0.1, -0.05) is 12.8 Å². The molecule has 0 spiro atoms. The Morgan fingerprint density at radius 2 is 1.80 bits per heavy atom. The van der Waals surface area contributed by atoms with E-state index in [1.807, 2.05) is 0 Å². The average Bonchev–Trinajstić information content (AvgIpc) is 2.79. The summed E-state index contributed by atoms with van der Waals surface area (Å²) in [5, 5.41) is 3.46. The van der Waals surface area contributed by atoms with E-state index >= 15 is 0 Å². The summed E-state index contributed by atoms with van der Waals surface area (Å²) in [5.41, 5.74) is 0. The second-order valence-corrected chi connectivity index (χ2v) is 5.23. The van der Waals surface area contributed by atoms with Crippen LogP contribution in [0.5, 0.6) is 0 Å². The van der Waals surface area contributed by atoms with Crippen LogP contribution in [0.3, 0.4) is 0 Å². The highest BCUT2D eigenvalue weighted by Crippen LogP contribution is 2.24. The topological polar surface area (TPSA) is 21.3 Å². The molecule has 1 N–H and O–H groups in total. The van der Waals surface area contributed by atoms with Crippen LogP contribution >= 0.6 is 0 Å². The molecule has 2 nitrogen and oxygen atoms in total. The third-order valence-electron chi connectivity index (χ3n) is 3.90. The van der Waals surface area contributed by atoms with Gasteiger partial charge in [0.15, 0.2) is 0 Å². The molecule has 1 saturated heterocycles. The predicted octanol–water partition coefficient (Wildman–Crippen LogP) is 2.58. The molecule has 1 heterocycles. The highest BCUT2D eigenvalue weighted by atomic mass is 16.5. The molecule has 0 aromatic carbocycles. The number of rotatable bonds is 5. The normalized spacial score (nSPS) is 28.4. The lowest BCUT2D eigenvalue weighted by molar-refractivity contribution is 0.0873. The van der Waals surface area contributed by atoms with Crippen LogP contribution in [0.4, 0.5) is 0 Å². The van der Waals surface area contributed by atoms with Crippen LogP contribution in [0, 0.1) is 11.8 Å². The van der Waals surface area contributed by atoms with Crippen LogP contribution in [-0.4, -0.2) is 26.3 Å². The fraction of sp³-hybridized carbons (Fsp3) is 1.00. The van der Waals surface area contributed by atoms with Gasteiger partial charge in [0.1, 0.15) is 0 Å². The first kappa shape index (κ1) is 11.4. The maximum atomic E-state index is 5.79. The van der Waals surface area contributed by atoms with Gasteiger partial charge in [-0.3, -0.25) is 0 Å². The molecule has 0 aromatic heterocycles. The molecule has 15 heavy (non-hydrogen) atoms. The molecule has 2 aliphatic rings. The van der Waals surface area contributed by atoms with Crippen molar-refractivity contribution in [3.63, 3.8) is 0 Å². The highest BCUT2D eigenvalue weighted by molar-refractivity contribution is 4.69. The van der Waals surface area contributed by atoms with Gasteiger partial charge >= 0.3 is 0 Å². The van der Waals surface area contributed by atoms with Crippen molar-refractivity contribution in [3.05, 3.63) is 0 Å². The van der Waals surface area contributed by atoms with Crippen LogP contribution in [-0.2, 0) is 4.74 Å². The van der Waals surface area contributed by atoms with E-state index in [4.69, 9.17) is 4.74 Å². The maximum absolute atomic E-state index is 5.79. The molecule has 1 saturated carbocycles. The minimum Gasteiger partial charge on any atom is -0.381 e. The standard InChI is InChI=1S/C13H25NO/c1-2-5-13(4-1)11-15-9-7-12-6-3-8-14-10-12/h12-14H,1-11H2. The van der Waals surface area contributed by atoms with E-state index in [0.717, 1.165) is 25.0 Å². The van der Waals surface area contributed by atoms with E-state index < -0.39 is 0 Å². The quantitative estimate of drug-likeness (QED) is 0.706. The first-order valence-electron chi connectivity index (χ1n) is 6.73. The lowest BCUT2D eigenvalue weighted by atomic mass is 9.97. The van der Waals surface area contributed by atoms with Crippen molar-refractivity contribution >= 4 is 0 Å². The van der Waals surface area contributed by atoms with E-state index in [0.29, 0.717) is 0 Å². The van der Waals surface area contributed by atoms with Crippen LogP contribution in [0.25, 0.3) is 0 Å². The monoisotopic (exact) mass is 211 g/mol. The smallest absolute Gasteiger partial charge is 0.0494 e. The minimum atomic E-state index is 0.877. The van der Waals surface area contributed by atoms with Crippen molar-refractivity contribution in [2.75, 3.05) is 26.3 Å². The van der Waals surface area contributed by atoms with Crippen LogP contribution in [0.15, 0.2) is 0 Å². The van der Waals surface area contributed by atoms with E-state index in [-0.39, 0.29) is 0 Å². The largest absolute Gasteiger partial charge is 0.381 e. The fourth-order valence-corrected chi connectivity index (χ4v) is 2.85. The summed E-state index contributed by atoms with van der Waals surface area (Å²) < 4.78 is 5.79. The Morgan fingerprint density at radius 1 is 1.00 bits per heavy atom. The van der Waals surface area contributed by atoms with Crippen molar-refractivity contribution in [2.24, 2.45) is 11.8 Å². The third kappa shape index (κ3) is 4.12. The van der Waals surface area contributed by atoms with Crippen molar-refractivity contribution in [1.29, 1.82) is 0 Å². The fourth-order valence-electron chi connectivity index (χ4n) is 2.85. The number of hydrogen-bond donors (Lipinski definition) is 1. The van der Waals surface area contributed by atoms with Crippen LogP contribution in [0.1, 0.15) is 44.9 Å². The predicted molar refractivity (Wildman–Crippen MR) is 63.0 cm³/mol. The molecule has 0 radical (unpaired) electrons. The molecule has 1 aliphatic heterocycles. The van der Waals surface area contributed by atoms with Gasteiger partial charge in [-0.25, -0.2) is 0 Å². The van der Waals surface area contributed by atoms with Crippen LogP contribution < -0.4 is 5.32 Å². The Kier molecular flexibility index (Phi) is 4.94. The van der Waals surface area contributed by atoms with E-state index in [9.17, 15) is 0 Å².